The molecule has 2 aliphatic heterocycles. The van der Waals surface area contributed by atoms with E-state index >= 15 is 0 Å². The van der Waals surface area contributed by atoms with E-state index in [9.17, 15) is 4.79 Å². The van der Waals surface area contributed by atoms with Gasteiger partial charge in [0.25, 0.3) is 0 Å². The first-order chi connectivity index (χ1) is 15.6. The summed E-state index contributed by atoms with van der Waals surface area (Å²) in [6.07, 6.45) is 5.76. The Morgan fingerprint density at radius 2 is 1.50 bits per heavy atom. The Labute approximate surface area is 201 Å². The summed E-state index contributed by atoms with van der Waals surface area (Å²) in [5, 5.41) is 4.51. The van der Waals surface area contributed by atoms with Gasteiger partial charge in [0.1, 0.15) is 0 Å². The second kappa shape index (κ2) is 11.5. The average molecular weight is 474 g/mol. The molecule has 0 aromatic heterocycles. The summed E-state index contributed by atoms with van der Waals surface area (Å²) in [7, 11) is 0. The molecule has 6 heteroatoms. The number of amides is 1. The van der Waals surface area contributed by atoms with E-state index in [4.69, 9.17) is 23.2 Å². The van der Waals surface area contributed by atoms with Gasteiger partial charge in [0.15, 0.2) is 0 Å². The first kappa shape index (κ1) is 23.6. The molecule has 0 unspecified atom stereocenters. The summed E-state index contributed by atoms with van der Waals surface area (Å²) in [4.78, 5) is 17.6. The van der Waals surface area contributed by atoms with Gasteiger partial charge < -0.3 is 5.32 Å². The van der Waals surface area contributed by atoms with E-state index in [0.717, 1.165) is 50.1 Å². The molecule has 0 spiro atoms. The first-order valence-electron chi connectivity index (χ1n) is 11.8. The van der Waals surface area contributed by atoms with Gasteiger partial charge >= 0.3 is 0 Å². The zero-order chi connectivity index (χ0) is 22.3. The van der Waals surface area contributed by atoms with Crippen molar-refractivity contribution in [1.29, 1.82) is 0 Å². The SMILES string of the molecule is O=C(NCc1ccc(CN2CCCCC2)cc1)C1CCN(Cc2ccc(Cl)cc2Cl)CC1. The molecule has 0 aliphatic carbocycles. The Morgan fingerprint density at radius 1 is 0.844 bits per heavy atom. The fourth-order valence-electron chi connectivity index (χ4n) is 4.72. The number of likely N-dealkylation sites (tertiary alicyclic amines) is 2. The molecule has 2 aromatic rings. The molecule has 2 aliphatic rings. The topological polar surface area (TPSA) is 35.6 Å². The Hall–Kier alpha value is -1.59. The summed E-state index contributed by atoms with van der Waals surface area (Å²) < 4.78 is 0. The van der Waals surface area contributed by atoms with Crippen LogP contribution in [-0.4, -0.2) is 41.9 Å². The Morgan fingerprint density at radius 3 is 2.19 bits per heavy atom. The Bertz CT molecular complexity index is 888. The van der Waals surface area contributed by atoms with Crippen LogP contribution >= 0.6 is 23.2 Å². The van der Waals surface area contributed by atoms with Gasteiger partial charge in [-0.3, -0.25) is 14.6 Å². The van der Waals surface area contributed by atoms with Crippen molar-refractivity contribution in [2.75, 3.05) is 26.2 Å². The smallest absolute Gasteiger partial charge is 0.223 e. The number of carbonyl (C=O) groups excluding carboxylic acids is 1. The monoisotopic (exact) mass is 473 g/mol. The van der Waals surface area contributed by atoms with Crippen LogP contribution in [0.3, 0.4) is 0 Å². The number of hydrogen-bond acceptors (Lipinski definition) is 3. The van der Waals surface area contributed by atoms with Crippen molar-refractivity contribution < 1.29 is 4.79 Å². The molecule has 32 heavy (non-hydrogen) atoms. The maximum atomic E-state index is 12.7. The van der Waals surface area contributed by atoms with Crippen LogP contribution in [-0.2, 0) is 24.4 Å². The van der Waals surface area contributed by atoms with Gasteiger partial charge in [-0.05, 0) is 80.7 Å². The molecule has 2 fully saturated rings. The van der Waals surface area contributed by atoms with E-state index in [1.807, 2.05) is 12.1 Å². The Kier molecular flexibility index (Phi) is 8.48. The van der Waals surface area contributed by atoms with E-state index in [1.165, 1.54) is 37.9 Å². The lowest BCUT2D eigenvalue weighted by molar-refractivity contribution is -0.126. The summed E-state index contributed by atoms with van der Waals surface area (Å²) in [5.41, 5.74) is 3.61. The molecule has 0 radical (unpaired) electrons. The molecule has 2 saturated heterocycles. The van der Waals surface area contributed by atoms with Crippen molar-refractivity contribution in [2.45, 2.75) is 51.7 Å². The molecular formula is C26H33Cl2N3O. The zero-order valence-corrected chi connectivity index (χ0v) is 20.2. The lowest BCUT2D eigenvalue weighted by Gasteiger charge is -2.31. The van der Waals surface area contributed by atoms with Crippen LogP contribution in [0.15, 0.2) is 42.5 Å². The molecule has 0 saturated carbocycles. The standard InChI is InChI=1S/C26H33Cl2N3O/c27-24-9-8-23(25(28)16-24)19-31-14-10-22(11-15-31)26(32)29-17-20-4-6-21(7-5-20)18-30-12-2-1-3-13-30/h4-9,16,22H,1-3,10-15,17-19H2,(H,29,32). The van der Waals surface area contributed by atoms with Crippen molar-refractivity contribution in [1.82, 2.24) is 15.1 Å². The second-order valence-electron chi connectivity index (χ2n) is 9.16. The van der Waals surface area contributed by atoms with Crippen LogP contribution in [0.25, 0.3) is 0 Å². The lowest BCUT2D eigenvalue weighted by atomic mass is 9.95. The maximum absolute atomic E-state index is 12.7. The van der Waals surface area contributed by atoms with E-state index in [-0.39, 0.29) is 11.8 Å². The number of nitrogens with one attached hydrogen (secondary N) is 1. The lowest BCUT2D eigenvalue weighted by Crippen LogP contribution is -2.40. The zero-order valence-electron chi connectivity index (χ0n) is 18.7. The minimum atomic E-state index is 0.0883. The molecule has 2 heterocycles. The molecule has 0 atom stereocenters. The summed E-state index contributed by atoms with van der Waals surface area (Å²) in [6, 6.07) is 14.4. The van der Waals surface area contributed by atoms with E-state index in [0.29, 0.717) is 16.6 Å². The van der Waals surface area contributed by atoms with Crippen molar-refractivity contribution in [3.63, 3.8) is 0 Å². The largest absolute Gasteiger partial charge is 0.352 e. The van der Waals surface area contributed by atoms with Crippen LogP contribution in [0.1, 0.15) is 48.8 Å². The molecule has 172 valence electrons. The molecule has 0 bridgehead atoms. The van der Waals surface area contributed by atoms with Crippen LogP contribution in [0, 0.1) is 5.92 Å². The number of rotatable bonds is 7. The van der Waals surface area contributed by atoms with Crippen molar-refractivity contribution >= 4 is 29.1 Å². The quantitative estimate of drug-likeness (QED) is 0.575. The predicted molar refractivity (Wildman–Crippen MR) is 132 cm³/mol. The van der Waals surface area contributed by atoms with Gasteiger partial charge in [0.05, 0.1) is 0 Å². The normalized spacial score (nSPS) is 18.6. The average Bonchev–Trinajstić information content (AvgIpc) is 2.81. The number of benzene rings is 2. The molecule has 1 amide bonds. The van der Waals surface area contributed by atoms with Gasteiger partial charge in [-0.1, -0.05) is 60.0 Å². The minimum Gasteiger partial charge on any atom is -0.352 e. The Balaban J connectivity index is 1.18. The second-order valence-corrected chi connectivity index (χ2v) is 10.0. The third kappa shape index (κ3) is 6.71. The molecule has 4 rings (SSSR count). The molecular weight excluding hydrogens is 441 g/mol. The van der Waals surface area contributed by atoms with Crippen LogP contribution in [0.4, 0.5) is 0 Å². The molecule has 2 aromatic carbocycles. The summed E-state index contributed by atoms with van der Waals surface area (Å²) in [5.74, 6) is 0.261. The predicted octanol–water partition coefficient (Wildman–Crippen LogP) is 5.51. The van der Waals surface area contributed by atoms with E-state index in [1.54, 1.807) is 6.07 Å². The van der Waals surface area contributed by atoms with E-state index < -0.39 is 0 Å². The summed E-state index contributed by atoms with van der Waals surface area (Å²) >= 11 is 12.3. The number of hydrogen-bond donors (Lipinski definition) is 1. The number of piperidine rings is 2. The summed E-state index contributed by atoms with van der Waals surface area (Å²) in [6.45, 7) is 6.67. The van der Waals surface area contributed by atoms with Gasteiger partial charge in [-0.2, -0.15) is 0 Å². The highest BCUT2D eigenvalue weighted by atomic mass is 35.5. The number of halogens is 2. The number of nitrogens with zero attached hydrogens (tertiary/aromatic N) is 2. The van der Waals surface area contributed by atoms with Crippen LogP contribution in [0.2, 0.25) is 10.0 Å². The number of carbonyl (C=O) groups is 1. The van der Waals surface area contributed by atoms with Crippen molar-refractivity contribution in [2.24, 2.45) is 5.92 Å². The first-order valence-corrected chi connectivity index (χ1v) is 12.6. The van der Waals surface area contributed by atoms with Gasteiger partial charge in [0.2, 0.25) is 5.91 Å². The van der Waals surface area contributed by atoms with Crippen molar-refractivity contribution in [3.8, 4) is 0 Å². The van der Waals surface area contributed by atoms with Gasteiger partial charge in [-0.25, -0.2) is 0 Å². The fraction of sp³-hybridized carbons (Fsp3) is 0.500. The third-order valence-corrected chi connectivity index (χ3v) is 7.30. The van der Waals surface area contributed by atoms with E-state index in [2.05, 4.69) is 39.4 Å². The highest BCUT2D eigenvalue weighted by molar-refractivity contribution is 6.35. The van der Waals surface area contributed by atoms with Gasteiger partial charge in [0, 0.05) is 35.6 Å². The van der Waals surface area contributed by atoms with Gasteiger partial charge in [-0.15, -0.1) is 0 Å². The third-order valence-electron chi connectivity index (χ3n) is 6.71. The molecule has 1 N–H and O–H groups in total. The maximum Gasteiger partial charge on any atom is 0.223 e. The van der Waals surface area contributed by atoms with Crippen LogP contribution in [0.5, 0.6) is 0 Å². The highest BCUT2D eigenvalue weighted by Gasteiger charge is 2.25. The minimum absolute atomic E-state index is 0.0883. The molecule has 4 nitrogen and oxygen atoms in total. The fourth-order valence-corrected chi connectivity index (χ4v) is 5.18. The van der Waals surface area contributed by atoms with Crippen LogP contribution < -0.4 is 5.32 Å². The highest BCUT2D eigenvalue weighted by Crippen LogP contribution is 2.25. The van der Waals surface area contributed by atoms with Crippen molar-refractivity contribution in [3.05, 3.63) is 69.2 Å².